The zero-order valence-electron chi connectivity index (χ0n) is 7.93. The van der Waals surface area contributed by atoms with Crippen molar-refractivity contribution < 1.29 is 18.3 Å². The van der Waals surface area contributed by atoms with Crippen LogP contribution in [-0.4, -0.2) is 45.1 Å². The Labute approximate surface area is 83.5 Å². The van der Waals surface area contributed by atoms with Crippen molar-refractivity contribution in [2.75, 3.05) is 26.4 Å². The second-order valence-corrected chi connectivity index (χ2v) is 4.63. The van der Waals surface area contributed by atoms with Crippen LogP contribution >= 0.6 is 0 Å². The maximum atomic E-state index is 11.2. The van der Waals surface area contributed by atoms with Crippen LogP contribution in [0.4, 0.5) is 0 Å². The van der Waals surface area contributed by atoms with Crippen molar-refractivity contribution in [3.8, 4) is 6.07 Å². The van der Waals surface area contributed by atoms with Gasteiger partial charge in [-0.15, -0.1) is 0 Å². The molecule has 0 amide bonds. The van der Waals surface area contributed by atoms with E-state index >= 15 is 0 Å². The minimum atomic E-state index is -3.55. The third-order valence-corrected chi connectivity index (χ3v) is 3.08. The minimum Gasteiger partial charge on any atom is -0.394 e. The summed E-state index contributed by atoms with van der Waals surface area (Å²) in [5.41, 5.74) is 0. The van der Waals surface area contributed by atoms with Gasteiger partial charge in [0.05, 0.1) is 25.9 Å². The number of nitrogens with zero attached hydrogens (tertiary/aromatic N) is 1. The maximum absolute atomic E-state index is 11.2. The Kier molecular flexibility index (Phi) is 6.40. The molecular weight excluding hydrogens is 208 g/mol. The molecule has 0 aromatic carbocycles. The Hall–Kier alpha value is -0.680. The molecule has 0 bridgehead atoms. The molecule has 1 unspecified atom stereocenters. The summed E-state index contributed by atoms with van der Waals surface area (Å²) in [5, 5.41) is 15.7. The van der Waals surface area contributed by atoms with E-state index in [9.17, 15) is 8.42 Å². The number of sulfonamides is 1. The molecule has 1 atom stereocenters. The quantitative estimate of drug-likeness (QED) is 0.528. The SMILES string of the molecule is CC(C#N)S(=O)(=O)NCCOCCO. The normalized spacial score (nSPS) is 13.5. The zero-order valence-corrected chi connectivity index (χ0v) is 8.75. The molecule has 6 nitrogen and oxygen atoms in total. The fourth-order valence-electron chi connectivity index (χ4n) is 0.617. The molecule has 14 heavy (non-hydrogen) atoms. The van der Waals surface area contributed by atoms with Crippen LogP contribution in [0.1, 0.15) is 6.92 Å². The Bertz CT molecular complexity index is 283. The van der Waals surface area contributed by atoms with Gasteiger partial charge in [-0.2, -0.15) is 5.26 Å². The third-order valence-electron chi connectivity index (χ3n) is 1.43. The lowest BCUT2D eigenvalue weighted by atomic mass is 10.5. The molecule has 0 aromatic heterocycles. The second kappa shape index (κ2) is 6.73. The predicted molar refractivity (Wildman–Crippen MR) is 49.9 cm³/mol. The zero-order chi connectivity index (χ0) is 11.0. The van der Waals surface area contributed by atoms with Gasteiger partial charge in [-0.1, -0.05) is 0 Å². The smallest absolute Gasteiger partial charge is 0.227 e. The lowest BCUT2D eigenvalue weighted by molar-refractivity contribution is 0.0961. The Balaban J connectivity index is 3.74. The summed E-state index contributed by atoms with van der Waals surface area (Å²) in [5.74, 6) is 0. The van der Waals surface area contributed by atoms with Crippen LogP contribution < -0.4 is 4.72 Å². The molecule has 0 heterocycles. The Morgan fingerprint density at radius 2 is 2.21 bits per heavy atom. The van der Waals surface area contributed by atoms with E-state index in [-0.39, 0.29) is 26.4 Å². The first kappa shape index (κ1) is 13.3. The molecule has 0 saturated carbocycles. The number of aliphatic hydroxyl groups excluding tert-OH is 1. The fourth-order valence-corrected chi connectivity index (χ4v) is 1.37. The summed E-state index contributed by atoms with van der Waals surface area (Å²) in [7, 11) is -3.55. The third kappa shape index (κ3) is 5.14. The van der Waals surface area contributed by atoms with Gasteiger partial charge in [0.1, 0.15) is 0 Å². The number of ether oxygens (including phenoxy) is 1. The van der Waals surface area contributed by atoms with E-state index in [0.717, 1.165) is 0 Å². The first-order chi connectivity index (χ1) is 6.54. The van der Waals surface area contributed by atoms with Crippen molar-refractivity contribution >= 4 is 10.0 Å². The van der Waals surface area contributed by atoms with E-state index < -0.39 is 15.3 Å². The molecular formula is C7H14N2O4S. The van der Waals surface area contributed by atoms with Gasteiger partial charge in [0.15, 0.2) is 5.25 Å². The highest BCUT2D eigenvalue weighted by atomic mass is 32.2. The fraction of sp³-hybridized carbons (Fsp3) is 0.857. The van der Waals surface area contributed by atoms with Gasteiger partial charge in [0, 0.05) is 6.54 Å². The summed E-state index contributed by atoms with van der Waals surface area (Å²) < 4.78 is 29.4. The van der Waals surface area contributed by atoms with Crippen LogP contribution in [-0.2, 0) is 14.8 Å². The van der Waals surface area contributed by atoms with Gasteiger partial charge in [-0.05, 0) is 6.92 Å². The molecule has 0 aliphatic heterocycles. The minimum absolute atomic E-state index is 0.0959. The maximum Gasteiger partial charge on any atom is 0.227 e. The van der Waals surface area contributed by atoms with Crippen LogP contribution in [0, 0.1) is 11.3 Å². The van der Waals surface area contributed by atoms with Crippen molar-refractivity contribution in [1.29, 1.82) is 5.26 Å². The lowest BCUT2D eigenvalue weighted by Crippen LogP contribution is -2.34. The summed E-state index contributed by atoms with van der Waals surface area (Å²) in [6.07, 6.45) is 0. The second-order valence-electron chi connectivity index (χ2n) is 2.55. The molecule has 2 N–H and O–H groups in total. The molecule has 0 aliphatic rings. The average Bonchev–Trinajstić information content (AvgIpc) is 2.16. The van der Waals surface area contributed by atoms with Crippen LogP contribution in [0.3, 0.4) is 0 Å². The van der Waals surface area contributed by atoms with Crippen LogP contribution in [0.15, 0.2) is 0 Å². The standard InChI is InChI=1S/C7H14N2O4S/c1-7(6-8)14(11,12)9-2-4-13-5-3-10/h7,9-10H,2-5H2,1H3. The highest BCUT2D eigenvalue weighted by Crippen LogP contribution is 1.94. The number of nitriles is 1. The van der Waals surface area contributed by atoms with Crippen molar-refractivity contribution in [1.82, 2.24) is 4.72 Å². The van der Waals surface area contributed by atoms with E-state index in [2.05, 4.69) is 4.72 Å². The molecule has 7 heteroatoms. The Morgan fingerprint density at radius 3 is 2.71 bits per heavy atom. The van der Waals surface area contributed by atoms with Crippen LogP contribution in [0.5, 0.6) is 0 Å². The summed E-state index contributed by atoms with van der Waals surface area (Å²) in [6, 6.07) is 1.63. The van der Waals surface area contributed by atoms with Gasteiger partial charge in [0.25, 0.3) is 0 Å². The molecule has 0 spiro atoms. The average molecular weight is 222 g/mol. The highest BCUT2D eigenvalue weighted by molar-refractivity contribution is 7.90. The summed E-state index contributed by atoms with van der Waals surface area (Å²) >= 11 is 0. The molecule has 0 rings (SSSR count). The van der Waals surface area contributed by atoms with Crippen molar-refractivity contribution in [2.24, 2.45) is 0 Å². The topological polar surface area (TPSA) is 99.4 Å². The predicted octanol–water partition coefficient (Wildman–Crippen LogP) is -1.17. The molecule has 82 valence electrons. The van der Waals surface area contributed by atoms with Gasteiger partial charge in [0.2, 0.25) is 10.0 Å². The largest absolute Gasteiger partial charge is 0.394 e. The van der Waals surface area contributed by atoms with E-state index in [1.54, 1.807) is 6.07 Å². The van der Waals surface area contributed by atoms with Crippen LogP contribution in [0.2, 0.25) is 0 Å². The van der Waals surface area contributed by atoms with Crippen molar-refractivity contribution in [2.45, 2.75) is 12.2 Å². The molecule has 0 aromatic rings. The molecule has 0 radical (unpaired) electrons. The highest BCUT2D eigenvalue weighted by Gasteiger charge is 2.18. The lowest BCUT2D eigenvalue weighted by Gasteiger charge is -2.07. The first-order valence-corrected chi connectivity index (χ1v) is 5.66. The number of rotatable bonds is 7. The number of hydrogen-bond donors (Lipinski definition) is 2. The van der Waals surface area contributed by atoms with E-state index in [0.29, 0.717) is 0 Å². The van der Waals surface area contributed by atoms with Crippen molar-refractivity contribution in [3.05, 3.63) is 0 Å². The van der Waals surface area contributed by atoms with Crippen LogP contribution in [0.25, 0.3) is 0 Å². The van der Waals surface area contributed by atoms with Gasteiger partial charge < -0.3 is 9.84 Å². The molecule has 0 saturated heterocycles. The van der Waals surface area contributed by atoms with Gasteiger partial charge in [-0.3, -0.25) is 0 Å². The van der Waals surface area contributed by atoms with Gasteiger partial charge in [-0.25, -0.2) is 13.1 Å². The van der Waals surface area contributed by atoms with Gasteiger partial charge >= 0.3 is 0 Å². The molecule has 0 fully saturated rings. The first-order valence-electron chi connectivity index (χ1n) is 4.11. The number of hydrogen-bond acceptors (Lipinski definition) is 5. The van der Waals surface area contributed by atoms with Crippen molar-refractivity contribution in [3.63, 3.8) is 0 Å². The van der Waals surface area contributed by atoms with E-state index in [4.69, 9.17) is 15.1 Å². The Morgan fingerprint density at radius 1 is 1.57 bits per heavy atom. The van der Waals surface area contributed by atoms with E-state index in [1.807, 2.05) is 0 Å². The summed E-state index contributed by atoms with van der Waals surface area (Å²) in [6.45, 7) is 1.67. The monoisotopic (exact) mass is 222 g/mol. The summed E-state index contributed by atoms with van der Waals surface area (Å²) in [4.78, 5) is 0. The number of nitrogens with one attached hydrogen (secondary N) is 1. The van der Waals surface area contributed by atoms with E-state index in [1.165, 1.54) is 6.92 Å². The molecule has 0 aliphatic carbocycles. The number of aliphatic hydroxyl groups is 1.